The first kappa shape index (κ1) is 24.6. The lowest BCUT2D eigenvalue weighted by Crippen LogP contribution is -2.95. The molecule has 1 amide bonds. The Labute approximate surface area is 194 Å². The molecule has 3 heterocycles. The number of amides is 1. The van der Waals surface area contributed by atoms with Crippen LogP contribution in [0.15, 0.2) is 0 Å². The van der Waals surface area contributed by atoms with E-state index in [0.717, 1.165) is 26.2 Å². The Morgan fingerprint density at radius 2 is 1.88 bits per heavy atom. The number of nitrogens with two attached hydrogens (primary N) is 1. The van der Waals surface area contributed by atoms with Gasteiger partial charge in [0.1, 0.15) is 24.5 Å². The number of carbonyl (C=O) groups excluding carboxylic acids is 1. The molecule has 184 valence electrons. The van der Waals surface area contributed by atoms with E-state index in [2.05, 4.69) is 20.4 Å². The van der Waals surface area contributed by atoms with Crippen molar-refractivity contribution in [3.05, 3.63) is 0 Å². The topological polar surface area (TPSA) is 102 Å². The zero-order valence-electron chi connectivity index (χ0n) is 18.7. The number of quaternary nitrogens is 1. The molecule has 3 aliphatic heterocycles. The maximum absolute atomic E-state index is 13.6. The summed E-state index contributed by atoms with van der Waals surface area (Å²) in [6, 6.07) is -0.271. The minimum Gasteiger partial charge on any atom is -0.394 e. The van der Waals surface area contributed by atoms with Crippen LogP contribution in [-0.2, 0) is 9.53 Å². The van der Waals surface area contributed by atoms with Gasteiger partial charge in [-0.1, -0.05) is 0 Å². The minimum absolute atomic E-state index is 0.135. The summed E-state index contributed by atoms with van der Waals surface area (Å²) < 4.78 is 19.6. The number of aliphatic hydroxyl groups is 2. The van der Waals surface area contributed by atoms with Crippen molar-refractivity contribution in [2.45, 2.75) is 80.6 Å². The van der Waals surface area contributed by atoms with E-state index in [1.807, 2.05) is 0 Å². The van der Waals surface area contributed by atoms with E-state index in [4.69, 9.17) is 16.3 Å². The fourth-order valence-corrected chi connectivity index (χ4v) is 6.22. The van der Waals surface area contributed by atoms with Crippen molar-refractivity contribution in [3.63, 3.8) is 0 Å². The van der Waals surface area contributed by atoms with Gasteiger partial charge in [0.2, 0.25) is 5.91 Å². The molecule has 0 aromatic carbocycles. The molecule has 8 nitrogen and oxygen atoms in total. The lowest BCUT2D eigenvalue weighted by molar-refractivity contribution is -0.717. The van der Waals surface area contributed by atoms with E-state index in [0.29, 0.717) is 25.4 Å². The number of hydrogen-bond acceptors (Lipinski definition) is 6. The molecule has 8 unspecified atom stereocenters. The van der Waals surface area contributed by atoms with Crippen LogP contribution in [0.1, 0.15) is 38.5 Å². The third-order valence-electron chi connectivity index (χ3n) is 7.81. The molecule has 1 saturated carbocycles. The summed E-state index contributed by atoms with van der Waals surface area (Å²) in [6.45, 7) is 4.73. The number of carbonyl (C=O) groups is 1. The molecule has 0 bridgehead atoms. The molecule has 0 radical (unpaired) electrons. The smallest absolute Gasteiger partial charge is 0.223 e. The van der Waals surface area contributed by atoms with Crippen LogP contribution in [0.3, 0.4) is 0 Å². The van der Waals surface area contributed by atoms with Crippen LogP contribution in [0.5, 0.6) is 0 Å². The fourth-order valence-electron chi connectivity index (χ4n) is 5.88. The van der Waals surface area contributed by atoms with E-state index in [9.17, 15) is 19.4 Å². The second-order valence-corrected chi connectivity index (χ2v) is 10.4. The zero-order valence-corrected chi connectivity index (χ0v) is 19.5. The summed E-state index contributed by atoms with van der Waals surface area (Å²) in [5, 5.41) is 25.3. The number of aliphatic hydroxyl groups excluding tert-OH is 2. The molecule has 3 saturated heterocycles. The highest BCUT2D eigenvalue weighted by atomic mass is 35.5. The first-order valence-corrected chi connectivity index (χ1v) is 12.7. The largest absolute Gasteiger partial charge is 0.394 e. The Kier molecular flexibility index (Phi) is 8.64. The van der Waals surface area contributed by atoms with Crippen LogP contribution in [0, 0.1) is 5.92 Å². The van der Waals surface area contributed by atoms with Crippen molar-refractivity contribution in [2.75, 3.05) is 45.9 Å². The fraction of sp³-hybridized carbons (Fsp3) is 0.955. The average Bonchev–Trinajstić information content (AvgIpc) is 3.15. The summed E-state index contributed by atoms with van der Waals surface area (Å²) >= 11 is 6.03. The number of nitrogens with one attached hydrogen (secondary N) is 1. The second-order valence-electron chi connectivity index (χ2n) is 9.82. The number of piperazine rings is 1. The van der Waals surface area contributed by atoms with Crippen LogP contribution < -0.4 is 10.6 Å². The molecule has 0 aromatic rings. The highest BCUT2D eigenvalue weighted by Gasteiger charge is 2.47. The van der Waals surface area contributed by atoms with Gasteiger partial charge in [0.15, 0.2) is 0 Å². The molecular formula is C22H39ClFN4O4+. The zero-order chi connectivity index (χ0) is 22.7. The summed E-state index contributed by atoms with van der Waals surface area (Å²) in [6.07, 6.45) is 2.60. The Balaban J connectivity index is 1.31. The monoisotopic (exact) mass is 477 g/mol. The van der Waals surface area contributed by atoms with Crippen molar-refractivity contribution in [3.8, 4) is 0 Å². The van der Waals surface area contributed by atoms with Crippen LogP contribution in [0.4, 0.5) is 4.39 Å². The van der Waals surface area contributed by atoms with Gasteiger partial charge in [-0.3, -0.25) is 14.6 Å². The maximum atomic E-state index is 13.6. The van der Waals surface area contributed by atoms with E-state index in [1.165, 1.54) is 25.8 Å². The Bertz CT molecular complexity index is 621. The van der Waals surface area contributed by atoms with Crippen molar-refractivity contribution >= 4 is 17.5 Å². The molecule has 1 aliphatic carbocycles. The molecule has 32 heavy (non-hydrogen) atoms. The molecule has 4 fully saturated rings. The average molecular weight is 478 g/mol. The third-order valence-corrected chi connectivity index (χ3v) is 8.27. The van der Waals surface area contributed by atoms with Crippen LogP contribution in [0.2, 0.25) is 0 Å². The number of alkyl halides is 2. The van der Waals surface area contributed by atoms with Gasteiger partial charge in [-0.15, -0.1) is 11.6 Å². The van der Waals surface area contributed by atoms with E-state index < -0.39 is 29.9 Å². The Morgan fingerprint density at radius 3 is 2.53 bits per heavy atom. The molecule has 0 spiro atoms. The maximum Gasteiger partial charge on any atom is 0.223 e. The highest BCUT2D eigenvalue weighted by Crippen LogP contribution is 2.31. The summed E-state index contributed by atoms with van der Waals surface area (Å²) in [5.74, 6) is -0.428. The van der Waals surface area contributed by atoms with Crippen molar-refractivity contribution in [1.82, 2.24) is 15.1 Å². The minimum atomic E-state index is -1.05. The van der Waals surface area contributed by atoms with Gasteiger partial charge in [-0.05, 0) is 32.1 Å². The van der Waals surface area contributed by atoms with Crippen molar-refractivity contribution < 1.29 is 29.5 Å². The molecule has 4 aliphatic rings. The van der Waals surface area contributed by atoms with Crippen LogP contribution in [-0.4, -0.2) is 114 Å². The quantitative estimate of drug-likeness (QED) is 0.367. The number of hydrogen-bond donors (Lipinski definition) is 4. The van der Waals surface area contributed by atoms with Crippen molar-refractivity contribution in [1.29, 1.82) is 0 Å². The van der Waals surface area contributed by atoms with Crippen molar-refractivity contribution in [2.24, 2.45) is 5.92 Å². The van der Waals surface area contributed by atoms with E-state index in [-0.39, 0.29) is 31.0 Å². The second kappa shape index (κ2) is 11.3. The van der Waals surface area contributed by atoms with Gasteiger partial charge >= 0.3 is 0 Å². The number of nitrogens with zero attached hydrogens (tertiary/aromatic N) is 2. The van der Waals surface area contributed by atoms with Gasteiger partial charge in [-0.2, -0.15) is 0 Å². The molecule has 0 aromatic heterocycles. The van der Waals surface area contributed by atoms with Gasteiger partial charge < -0.3 is 25.6 Å². The molecular weight excluding hydrogens is 439 g/mol. The Morgan fingerprint density at radius 1 is 1.12 bits per heavy atom. The lowest BCUT2D eigenvalue weighted by atomic mass is 9.87. The van der Waals surface area contributed by atoms with Gasteiger partial charge in [0, 0.05) is 45.1 Å². The third kappa shape index (κ3) is 5.56. The van der Waals surface area contributed by atoms with Gasteiger partial charge in [0.05, 0.1) is 30.7 Å². The number of rotatable bonds is 6. The van der Waals surface area contributed by atoms with Gasteiger partial charge in [0.25, 0.3) is 0 Å². The summed E-state index contributed by atoms with van der Waals surface area (Å²) in [5.41, 5.74) is 0. The van der Waals surface area contributed by atoms with Crippen LogP contribution in [0.25, 0.3) is 0 Å². The number of halogens is 2. The summed E-state index contributed by atoms with van der Waals surface area (Å²) in [4.78, 5) is 17.4. The number of ether oxygens (including phenoxy) is 1. The first-order valence-electron chi connectivity index (χ1n) is 12.3. The molecule has 10 heteroatoms. The molecule has 8 atom stereocenters. The van der Waals surface area contributed by atoms with Gasteiger partial charge in [-0.25, -0.2) is 4.39 Å². The lowest BCUT2D eigenvalue weighted by Gasteiger charge is -2.42. The number of piperidine rings is 1. The molecule has 5 N–H and O–H groups in total. The first-order chi connectivity index (χ1) is 15.5. The Hall–Kier alpha value is -0.550. The summed E-state index contributed by atoms with van der Waals surface area (Å²) in [7, 11) is 0. The van der Waals surface area contributed by atoms with Crippen LogP contribution >= 0.6 is 11.6 Å². The predicted molar refractivity (Wildman–Crippen MR) is 118 cm³/mol. The normalized spacial score (nSPS) is 42.1. The highest BCUT2D eigenvalue weighted by molar-refractivity contribution is 6.21. The SMILES string of the molecule is O=C(NCC1OC(CO)C(O)C1N1CCN(C2CCCC[NH2+]2)CC1)C1CCC(F)C(Cl)C1. The predicted octanol–water partition coefficient (Wildman–Crippen LogP) is -0.972. The molecule has 4 rings (SSSR count). The van der Waals surface area contributed by atoms with E-state index >= 15 is 0 Å². The standard InChI is InChI=1S/C22H38ClFN4O4/c23-15-11-14(4-5-16(15)24)22(31)26-12-17-20(21(30)18(13-29)32-17)28-9-7-27(8-10-28)19-3-1-2-6-25-19/h14-21,25,29-30H,1-13H2,(H,26,31)/p+1. The van der Waals surface area contributed by atoms with E-state index in [1.54, 1.807) is 0 Å².